The highest BCUT2D eigenvalue weighted by molar-refractivity contribution is 5.82. The van der Waals surface area contributed by atoms with Gasteiger partial charge in [0, 0.05) is 25.6 Å². The molecule has 2 aliphatic rings. The standard InChI is InChI=1S/C8H14N2O2/c11-8-7(9-2-3-10-8)6-1-4-12-5-6/h6-7,9H,1-5H2,(H,10,11). The molecular formula is C8H14N2O2. The van der Waals surface area contributed by atoms with Crippen molar-refractivity contribution in [2.45, 2.75) is 12.5 Å². The zero-order chi connectivity index (χ0) is 8.39. The van der Waals surface area contributed by atoms with Crippen LogP contribution in [0, 0.1) is 5.92 Å². The number of ether oxygens (including phenoxy) is 1. The van der Waals surface area contributed by atoms with Gasteiger partial charge in [0.05, 0.1) is 12.6 Å². The van der Waals surface area contributed by atoms with Gasteiger partial charge in [0.1, 0.15) is 0 Å². The average molecular weight is 170 g/mol. The van der Waals surface area contributed by atoms with Crippen LogP contribution in [0.25, 0.3) is 0 Å². The Labute approximate surface area is 71.7 Å². The van der Waals surface area contributed by atoms with Crippen molar-refractivity contribution in [2.24, 2.45) is 5.92 Å². The van der Waals surface area contributed by atoms with Crippen molar-refractivity contribution in [3.05, 3.63) is 0 Å². The minimum atomic E-state index is -0.0127. The van der Waals surface area contributed by atoms with E-state index in [0.717, 1.165) is 32.7 Å². The predicted octanol–water partition coefficient (Wildman–Crippen LogP) is -0.889. The maximum Gasteiger partial charge on any atom is 0.237 e. The van der Waals surface area contributed by atoms with Crippen LogP contribution in [0.4, 0.5) is 0 Å². The molecule has 2 atom stereocenters. The van der Waals surface area contributed by atoms with Gasteiger partial charge >= 0.3 is 0 Å². The van der Waals surface area contributed by atoms with Crippen LogP contribution < -0.4 is 10.6 Å². The Balaban J connectivity index is 1.95. The highest BCUT2D eigenvalue weighted by Crippen LogP contribution is 2.17. The van der Waals surface area contributed by atoms with Crippen LogP contribution in [0.5, 0.6) is 0 Å². The van der Waals surface area contributed by atoms with E-state index in [4.69, 9.17) is 4.74 Å². The minimum absolute atomic E-state index is 0.0127. The molecule has 1 amide bonds. The average Bonchev–Trinajstić information content (AvgIpc) is 2.57. The molecule has 0 radical (unpaired) electrons. The lowest BCUT2D eigenvalue weighted by Crippen LogP contribution is -2.56. The normalized spacial score (nSPS) is 36.5. The van der Waals surface area contributed by atoms with Gasteiger partial charge in [-0.3, -0.25) is 4.79 Å². The van der Waals surface area contributed by atoms with Gasteiger partial charge in [0.25, 0.3) is 0 Å². The number of piperazine rings is 1. The number of nitrogens with one attached hydrogen (secondary N) is 2. The van der Waals surface area contributed by atoms with Crippen molar-refractivity contribution < 1.29 is 9.53 Å². The molecule has 0 aromatic rings. The molecule has 0 aromatic carbocycles. The molecule has 12 heavy (non-hydrogen) atoms. The fourth-order valence-corrected chi connectivity index (χ4v) is 1.81. The first kappa shape index (κ1) is 8.01. The molecule has 0 spiro atoms. The van der Waals surface area contributed by atoms with E-state index in [1.165, 1.54) is 0 Å². The van der Waals surface area contributed by atoms with Gasteiger partial charge in [0.15, 0.2) is 0 Å². The maximum absolute atomic E-state index is 11.4. The van der Waals surface area contributed by atoms with Gasteiger partial charge in [0.2, 0.25) is 5.91 Å². The predicted molar refractivity (Wildman–Crippen MR) is 43.7 cm³/mol. The van der Waals surface area contributed by atoms with E-state index in [0.29, 0.717) is 5.92 Å². The zero-order valence-electron chi connectivity index (χ0n) is 7.01. The maximum atomic E-state index is 11.4. The van der Waals surface area contributed by atoms with Crippen molar-refractivity contribution in [1.82, 2.24) is 10.6 Å². The summed E-state index contributed by atoms with van der Waals surface area (Å²) in [4.78, 5) is 11.4. The summed E-state index contributed by atoms with van der Waals surface area (Å²) < 4.78 is 5.24. The molecule has 2 fully saturated rings. The molecule has 0 aliphatic carbocycles. The monoisotopic (exact) mass is 170 g/mol. The molecule has 4 heteroatoms. The van der Waals surface area contributed by atoms with Crippen LogP contribution in [-0.2, 0) is 9.53 Å². The van der Waals surface area contributed by atoms with Crippen LogP contribution >= 0.6 is 0 Å². The summed E-state index contributed by atoms with van der Waals surface area (Å²) in [5, 5.41) is 6.07. The Hall–Kier alpha value is -0.610. The van der Waals surface area contributed by atoms with E-state index < -0.39 is 0 Å². The van der Waals surface area contributed by atoms with E-state index >= 15 is 0 Å². The van der Waals surface area contributed by atoms with Gasteiger partial charge in [-0.1, -0.05) is 0 Å². The van der Waals surface area contributed by atoms with Gasteiger partial charge < -0.3 is 15.4 Å². The Morgan fingerprint density at radius 3 is 3.00 bits per heavy atom. The molecule has 2 rings (SSSR count). The third-order valence-electron chi connectivity index (χ3n) is 2.51. The number of hydrogen-bond donors (Lipinski definition) is 2. The summed E-state index contributed by atoms with van der Waals surface area (Å²) in [6.07, 6.45) is 1.01. The number of carbonyl (C=O) groups is 1. The smallest absolute Gasteiger partial charge is 0.237 e. The van der Waals surface area contributed by atoms with Crippen molar-refractivity contribution in [1.29, 1.82) is 0 Å². The third-order valence-corrected chi connectivity index (χ3v) is 2.51. The van der Waals surface area contributed by atoms with Crippen LogP contribution in [0.1, 0.15) is 6.42 Å². The second-order valence-electron chi connectivity index (χ2n) is 3.35. The lowest BCUT2D eigenvalue weighted by molar-refractivity contribution is -0.125. The molecular weight excluding hydrogens is 156 g/mol. The van der Waals surface area contributed by atoms with E-state index in [9.17, 15) is 4.79 Å². The van der Waals surface area contributed by atoms with Gasteiger partial charge in [-0.15, -0.1) is 0 Å². The number of hydrogen-bond acceptors (Lipinski definition) is 3. The second kappa shape index (κ2) is 3.41. The first-order chi connectivity index (χ1) is 5.88. The first-order valence-electron chi connectivity index (χ1n) is 4.47. The Morgan fingerprint density at radius 2 is 2.33 bits per heavy atom. The largest absolute Gasteiger partial charge is 0.381 e. The summed E-state index contributed by atoms with van der Waals surface area (Å²) in [5.74, 6) is 0.516. The molecule has 68 valence electrons. The Kier molecular flexibility index (Phi) is 2.28. The fraction of sp³-hybridized carbons (Fsp3) is 0.875. The lowest BCUT2D eigenvalue weighted by atomic mass is 9.97. The van der Waals surface area contributed by atoms with Crippen molar-refractivity contribution in [2.75, 3.05) is 26.3 Å². The molecule has 2 aliphatic heterocycles. The van der Waals surface area contributed by atoms with Crippen LogP contribution in [0.2, 0.25) is 0 Å². The summed E-state index contributed by atoms with van der Waals surface area (Å²) in [7, 11) is 0. The van der Waals surface area contributed by atoms with Crippen LogP contribution in [0.3, 0.4) is 0 Å². The summed E-state index contributed by atoms with van der Waals surface area (Å²) >= 11 is 0. The van der Waals surface area contributed by atoms with Crippen molar-refractivity contribution in [3.8, 4) is 0 Å². The summed E-state index contributed by atoms with van der Waals surface area (Å²) in [5.41, 5.74) is 0. The molecule has 4 nitrogen and oxygen atoms in total. The van der Waals surface area contributed by atoms with Crippen molar-refractivity contribution >= 4 is 5.91 Å². The SMILES string of the molecule is O=C1NCCNC1C1CCOC1. The zero-order valence-corrected chi connectivity index (χ0v) is 7.01. The highest BCUT2D eigenvalue weighted by atomic mass is 16.5. The van der Waals surface area contributed by atoms with Crippen LogP contribution in [-0.4, -0.2) is 38.3 Å². The number of amides is 1. The van der Waals surface area contributed by atoms with Crippen LogP contribution in [0.15, 0.2) is 0 Å². The molecule has 2 saturated heterocycles. The molecule has 2 heterocycles. The van der Waals surface area contributed by atoms with E-state index in [2.05, 4.69) is 10.6 Å². The van der Waals surface area contributed by atoms with Crippen molar-refractivity contribution in [3.63, 3.8) is 0 Å². The quantitative estimate of drug-likeness (QED) is 0.537. The van der Waals surface area contributed by atoms with Gasteiger partial charge in [-0.25, -0.2) is 0 Å². The van der Waals surface area contributed by atoms with Gasteiger partial charge in [-0.05, 0) is 6.42 Å². The molecule has 0 bridgehead atoms. The third kappa shape index (κ3) is 1.44. The van der Waals surface area contributed by atoms with E-state index in [-0.39, 0.29) is 11.9 Å². The summed E-state index contributed by atoms with van der Waals surface area (Å²) in [6, 6.07) is -0.0127. The molecule has 2 unspecified atom stereocenters. The summed E-state index contributed by atoms with van der Waals surface area (Å²) in [6.45, 7) is 3.16. The Bertz CT molecular complexity index is 178. The Morgan fingerprint density at radius 1 is 1.42 bits per heavy atom. The fourth-order valence-electron chi connectivity index (χ4n) is 1.81. The molecule has 0 saturated carbocycles. The molecule has 0 aromatic heterocycles. The number of rotatable bonds is 1. The minimum Gasteiger partial charge on any atom is -0.381 e. The first-order valence-corrected chi connectivity index (χ1v) is 4.47. The topological polar surface area (TPSA) is 50.4 Å². The second-order valence-corrected chi connectivity index (χ2v) is 3.35. The van der Waals surface area contributed by atoms with Gasteiger partial charge in [-0.2, -0.15) is 0 Å². The molecule has 2 N–H and O–H groups in total. The highest BCUT2D eigenvalue weighted by Gasteiger charge is 2.32. The van der Waals surface area contributed by atoms with E-state index in [1.54, 1.807) is 0 Å². The van der Waals surface area contributed by atoms with E-state index in [1.807, 2.05) is 0 Å². The number of carbonyl (C=O) groups excluding carboxylic acids is 1. The lowest BCUT2D eigenvalue weighted by Gasteiger charge is -2.27.